The van der Waals surface area contributed by atoms with Gasteiger partial charge in [-0.05, 0) is 56.2 Å². The van der Waals surface area contributed by atoms with E-state index in [1.54, 1.807) is 19.2 Å². The zero-order valence-electron chi connectivity index (χ0n) is 9.88. The first kappa shape index (κ1) is 12.4. The molecular weight excluding hydrogens is 205 g/mol. The lowest BCUT2D eigenvalue weighted by Crippen LogP contribution is -1.94. The lowest BCUT2D eigenvalue weighted by Gasteiger charge is -2.04. The zero-order valence-corrected chi connectivity index (χ0v) is 9.88. The molecule has 0 N–H and O–H groups in total. The van der Waals surface area contributed by atoms with E-state index in [2.05, 4.69) is 11.6 Å². The molecule has 2 nitrogen and oxygen atoms in total. The highest BCUT2D eigenvalue weighted by molar-refractivity contribution is 5.82. The Morgan fingerprint density at radius 2 is 2.12 bits per heavy atom. The maximum absolute atomic E-state index is 13.2. The second kappa shape index (κ2) is 5.45. The van der Waals surface area contributed by atoms with Crippen LogP contribution in [0.5, 0.6) is 0 Å². The fourth-order valence-electron chi connectivity index (χ4n) is 1.29. The van der Waals surface area contributed by atoms with Crippen LogP contribution in [0.25, 0.3) is 0 Å². The van der Waals surface area contributed by atoms with E-state index in [9.17, 15) is 4.39 Å². The SMILES string of the molecule is C=C(/N=C/c1cc(C)c(F)cc1C)OCC. The molecule has 0 saturated heterocycles. The largest absolute Gasteiger partial charge is 0.478 e. The Bertz CT molecular complexity index is 424. The summed E-state index contributed by atoms with van der Waals surface area (Å²) in [4.78, 5) is 4.05. The number of rotatable bonds is 4. The Balaban J connectivity index is 2.89. The second-order valence-electron chi connectivity index (χ2n) is 3.54. The molecule has 0 heterocycles. The van der Waals surface area contributed by atoms with Gasteiger partial charge in [0.15, 0.2) is 0 Å². The lowest BCUT2D eigenvalue weighted by atomic mass is 10.1. The fourth-order valence-corrected chi connectivity index (χ4v) is 1.29. The molecule has 0 atom stereocenters. The van der Waals surface area contributed by atoms with Gasteiger partial charge in [0, 0.05) is 6.21 Å². The van der Waals surface area contributed by atoms with Crippen molar-refractivity contribution in [1.29, 1.82) is 0 Å². The Labute approximate surface area is 95.5 Å². The Hall–Kier alpha value is -1.64. The first-order chi connectivity index (χ1) is 7.54. The molecule has 0 saturated carbocycles. The highest BCUT2D eigenvalue weighted by atomic mass is 19.1. The van der Waals surface area contributed by atoms with Crippen LogP contribution in [0.3, 0.4) is 0 Å². The van der Waals surface area contributed by atoms with Gasteiger partial charge in [-0.15, -0.1) is 0 Å². The van der Waals surface area contributed by atoms with Gasteiger partial charge >= 0.3 is 0 Å². The van der Waals surface area contributed by atoms with E-state index in [0.717, 1.165) is 11.1 Å². The van der Waals surface area contributed by atoms with Crippen molar-refractivity contribution in [3.05, 3.63) is 47.1 Å². The van der Waals surface area contributed by atoms with E-state index in [0.29, 0.717) is 18.1 Å². The summed E-state index contributed by atoms with van der Waals surface area (Å²) < 4.78 is 18.3. The van der Waals surface area contributed by atoms with Crippen LogP contribution in [-0.2, 0) is 4.74 Å². The molecule has 0 aliphatic rings. The molecule has 1 aromatic carbocycles. The van der Waals surface area contributed by atoms with Crippen LogP contribution in [0, 0.1) is 19.7 Å². The van der Waals surface area contributed by atoms with Crippen molar-refractivity contribution in [1.82, 2.24) is 0 Å². The van der Waals surface area contributed by atoms with Crippen molar-refractivity contribution in [3.63, 3.8) is 0 Å². The van der Waals surface area contributed by atoms with Gasteiger partial charge in [-0.1, -0.05) is 0 Å². The van der Waals surface area contributed by atoms with Gasteiger partial charge in [0.05, 0.1) is 6.61 Å². The second-order valence-corrected chi connectivity index (χ2v) is 3.54. The highest BCUT2D eigenvalue weighted by Crippen LogP contribution is 2.13. The molecule has 1 rings (SSSR count). The number of halogens is 1. The van der Waals surface area contributed by atoms with Crippen LogP contribution in [0.2, 0.25) is 0 Å². The van der Waals surface area contributed by atoms with Gasteiger partial charge in [0.25, 0.3) is 0 Å². The van der Waals surface area contributed by atoms with Crippen molar-refractivity contribution in [2.45, 2.75) is 20.8 Å². The van der Waals surface area contributed by atoms with Crippen LogP contribution in [-0.4, -0.2) is 12.8 Å². The van der Waals surface area contributed by atoms with E-state index in [4.69, 9.17) is 4.74 Å². The summed E-state index contributed by atoms with van der Waals surface area (Å²) in [5.74, 6) is 0.169. The van der Waals surface area contributed by atoms with E-state index in [1.165, 1.54) is 6.07 Å². The molecular formula is C13H16FNO. The molecule has 0 unspecified atom stereocenters. The van der Waals surface area contributed by atoms with Crippen LogP contribution in [0.15, 0.2) is 29.6 Å². The molecule has 0 aliphatic heterocycles. The summed E-state index contributed by atoms with van der Waals surface area (Å²) in [7, 11) is 0. The molecule has 0 radical (unpaired) electrons. The number of benzene rings is 1. The van der Waals surface area contributed by atoms with Crippen molar-refractivity contribution >= 4 is 6.21 Å². The van der Waals surface area contributed by atoms with Gasteiger partial charge < -0.3 is 4.74 Å². The van der Waals surface area contributed by atoms with Crippen LogP contribution in [0.1, 0.15) is 23.6 Å². The number of hydrogen-bond donors (Lipinski definition) is 0. The first-order valence-electron chi connectivity index (χ1n) is 5.17. The number of hydrogen-bond acceptors (Lipinski definition) is 2. The smallest absolute Gasteiger partial charge is 0.205 e. The molecule has 0 spiro atoms. The van der Waals surface area contributed by atoms with E-state index in [1.807, 2.05) is 13.8 Å². The van der Waals surface area contributed by atoms with Crippen molar-refractivity contribution in [2.75, 3.05) is 6.61 Å². The third-order valence-electron chi connectivity index (χ3n) is 2.21. The number of aliphatic imine (C=N–C) groups is 1. The van der Waals surface area contributed by atoms with Crippen LogP contribution < -0.4 is 0 Å². The van der Waals surface area contributed by atoms with Crippen molar-refractivity contribution < 1.29 is 9.13 Å². The maximum atomic E-state index is 13.2. The van der Waals surface area contributed by atoms with E-state index in [-0.39, 0.29) is 5.82 Å². The zero-order chi connectivity index (χ0) is 12.1. The molecule has 1 aromatic rings. The Kier molecular flexibility index (Phi) is 4.23. The van der Waals surface area contributed by atoms with E-state index < -0.39 is 0 Å². The van der Waals surface area contributed by atoms with Gasteiger partial charge in [0.2, 0.25) is 5.88 Å². The summed E-state index contributed by atoms with van der Waals surface area (Å²) in [6.07, 6.45) is 1.64. The molecule has 3 heteroatoms. The van der Waals surface area contributed by atoms with Gasteiger partial charge in [-0.3, -0.25) is 0 Å². The van der Waals surface area contributed by atoms with E-state index >= 15 is 0 Å². The fraction of sp³-hybridized carbons (Fsp3) is 0.308. The average molecular weight is 221 g/mol. The third-order valence-corrected chi connectivity index (χ3v) is 2.21. The maximum Gasteiger partial charge on any atom is 0.205 e. The molecule has 0 amide bonds. The van der Waals surface area contributed by atoms with Crippen molar-refractivity contribution in [3.8, 4) is 0 Å². The summed E-state index contributed by atoms with van der Waals surface area (Å²) in [6.45, 7) is 9.61. The summed E-state index contributed by atoms with van der Waals surface area (Å²) in [5, 5.41) is 0. The van der Waals surface area contributed by atoms with Crippen LogP contribution in [0.4, 0.5) is 4.39 Å². The minimum Gasteiger partial charge on any atom is -0.478 e. The van der Waals surface area contributed by atoms with Crippen LogP contribution >= 0.6 is 0 Å². The topological polar surface area (TPSA) is 21.6 Å². The normalized spacial score (nSPS) is 10.8. The minimum absolute atomic E-state index is 0.196. The standard InChI is InChI=1S/C13H16FNO/c1-5-16-11(4)15-8-12-6-10(3)13(14)7-9(12)2/h6-8H,4-5H2,1-3H3/b15-8+. The number of ether oxygens (including phenoxy) is 1. The Morgan fingerprint density at radius 1 is 1.44 bits per heavy atom. The third kappa shape index (κ3) is 3.19. The quantitative estimate of drug-likeness (QED) is 0.564. The summed E-state index contributed by atoms with van der Waals surface area (Å²) in [5.41, 5.74) is 2.32. The Morgan fingerprint density at radius 3 is 2.75 bits per heavy atom. The van der Waals surface area contributed by atoms with Crippen molar-refractivity contribution in [2.24, 2.45) is 4.99 Å². The molecule has 16 heavy (non-hydrogen) atoms. The molecule has 0 bridgehead atoms. The number of aryl methyl sites for hydroxylation is 2. The highest BCUT2D eigenvalue weighted by Gasteiger charge is 2.02. The monoisotopic (exact) mass is 221 g/mol. The summed E-state index contributed by atoms with van der Waals surface area (Å²) in [6, 6.07) is 3.26. The van der Waals surface area contributed by atoms with Gasteiger partial charge in [0.1, 0.15) is 5.82 Å². The molecule has 0 aromatic heterocycles. The van der Waals surface area contributed by atoms with Gasteiger partial charge in [-0.25, -0.2) is 9.38 Å². The first-order valence-corrected chi connectivity index (χ1v) is 5.17. The summed E-state index contributed by atoms with van der Waals surface area (Å²) >= 11 is 0. The molecule has 86 valence electrons. The average Bonchev–Trinajstić information content (AvgIpc) is 2.22. The predicted octanol–water partition coefficient (Wildman–Crippen LogP) is 3.37. The lowest BCUT2D eigenvalue weighted by molar-refractivity contribution is 0.229. The predicted molar refractivity (Wildman–Crippen MR) is 64.2 cm³/mol. The van der Waals surface area contributed by atoms with Gasteiger partial charge in [-0.2, -0.15) is 0 Å². The number of nitrogens with zero attached hydrogens (tertiary/aromatic N) is 1. The molecule has 0 fully saturated rings. The molecule has 0 aliphatic carbocycles. The minimum atomic E-state index is -0.196.